The summed E-state index contributed by atoms with van der Waals surface area (Å²) in [6.45, 7) is 2.34. The van der Waals surface area contributed by atoms with Gasteiger partial charge in [0.25, 0.3) is 0 Å². The minimum atomic E-state index is -0.277. The van der Waals surface area contributed by atoms with E-state index in [1.54, 1.807) is 5.57 Å². The van der Waals surface area contributed by atoms with Crippen molar-refractivity contribution in [1.29, 1.82) is 0 Å². The molecular weight excluding hydrogens is 977 g/mol. The van der Waals surface area contributed by atoms with E-state index in [1.165, 1.54) is 76.8 Å². The van der Waals surface area contributed by atoms with Crippen LogP contribution in [0.3, 0.4) is 0 Å². The van der Waals surface area contributed by atoms with E-state index in [4.69, 9.17) is 9.98 Å². The highest BCUT2D eigenvalue weighted by Crippen LogP contribution is 2.62. The van der Waals surface area contributed by atoms with Crippen LogP contribution in [0.15, 0.2) is 227 Å². The monoisotopic (exact) mass is 1040 g/mol. The third-order valence-electron chi connectivity index (χ3n) is 18.0. The van der Waals surface area contributed by atoms with Crippen LogP contribution in [0.25, 0.3) is 32.7 Å². The lowest BCUT2D eigenvalue weighted by atomic mass is 9.79. The quantitative estimate of drug-likeness (QED) is 0.169. The van der Waals surface area contributed by atoms with E-state index >= 15 is 0 Å². The molecule has 0 bridgehead atoms. The highest BCUT2D eigenvalue weighted by molar-refractivity contribution is 8.09. The number of benzene rings is 3. The number of fused-ring (bicyclic) bond motifs is 12. The molecule has 378 valence electrons. The van der Waals surface area contributed by atoms with Gasteiger partial charge in [0.05, 0.1) is 23.3 Å². The Kier molecular flexibility index (Phi) is 11.1. The molecule has 2 aromatic heterocycles. The van der Waals surface area contributed by atoms with Crippen molar-refractivity contribution >= 4 is 67.7 Å². The Morgan fingerprint density at radius 3 is 2.44 bits per heavy atom. The molecule has 3 aromatic carbocycles. The number of nitrogens with one attached hydrogen (secondary N) is 2. The summed E-state index contributed by atoms with van der Waals surface area (Å²) in [5.41, 5.74) is 19.9. The van der Waals surface area contributed by atoms with Gasteiger partial charge in [0.1, 0.15) is 18.2 Å². The van der Waals surface area contributed by atoms with Gasteiger partial charge in [0, 0.05) is 78.5 Å². The first-order valence-electron chi connectivity index (χ1n) is 28.1. The molecule has 0 saturated heterocycles. The third kappa shape index (κ3) is 7.42. The molecule has 0 spiro atoms. The van der Waals surface area contributed by atoms with Gasteiger partial charge >= 0.3 is 0 Å². The number of para-hydroxylation sites is 2. The van der Waals surface area contributed by atoms with Gasteiger partial charge in [-0.2, -0.15) is 0 Å². The van der Waals surface area contributed by atoms with Gasteiger partial charge < -0.3 is 14.8 Å². The second-order valence-corrected chi connectivity index (χ2v) is 24.8. The van der Waals surface area contributed by atoms with E-state index in [1.807, 2.05) is 0 Å². The van der Waals surface area contributed by atoms with Crippen LogP contribution in [-0.4, -0.2) is 44.1 Å². The average molecular weight is 1040 g/mol. The summed E-state index contributed by atoms with van der Waals surface area (Å²) in [5, 5.41) is 9.87. The summed E-state index contributed by atoms with van der Waals surface area (Å²) in [4.78, 5) is 16.9. The molecule has 6 nitrogen and oxygen atoms in total. The van der Waals surface area contributed by atoms with Crippen LogP contribution < -0.4 is 15.5 Å². The summed E-state index contributed by atoms with van der Waals surface area (Å²) in [7, 11) is 0. The first-order chi connectivity index (χ1) is 38.1. The van der Waals surface area contributed by atoms with Crippen LogP contribution in [-0.2, 0) is 6.42 Å². The van der Waals surface area contributed by atoms with Gasteiger partial charge in [-0.1, -0.05) is 177 Å². The molecule has 4 aliphatic heterocycles. The molecule has 2 N–H and O–H groups in total. The molecule has 0 saturated carbocycles. The molecule has 0 fully saturated rings. The number of hydrogen-bond donors (Lipinski definition) is 2. The van der Waals surface area contributed by atoms with E-state index < -0.39 is 0 Å². The Morgan fingerprint density at radius 1 is 0.714 bits per heavy atom. The third-order valence-corrected chi connectivity index (χ3v) is 21.1. The van der Waals surface area contributed by atoms with E-state index in [-0.39, 0.29) is 40.7 Å². The maximum Gasteiger partial charge on any atom is 0.131 e. The predicted octanol–water partition coefficient (Wildman–Crippen LogP) is 15.1. The second-order valence-electron chi connectivity index (χ2n) is 22.5. The first-order valence-corrected chi connectivity index (χ1v) is 29.9. The van der Waals surface area contributed by atoms with Crippen LogP contribution in [0.1, 0.15) is 90.3 Å². The number of aromatic nitrogens is 2. The van der Waals surface area contributed by atoms with Crippen molar-refractivity contribution in [2.45, 2.75) is 86.3 Å². The molecule has 8 heteroatoms. The van der Waals surface area contributed by atoms with E-state index in [0.717, 1.165) is 61.2 Å². The van der Waals surface area contributed by atoms with Crippen LogP contribution in [0, 0.1) is 17.8 Å². The molecular formula is C69H60N6S2. The smallest absolute Gasteiger partial charge is 0.131 e. The van der Waals surface area contributed by atoms with Crippen LogP contribution in [0.5, 0.6) is 0 Å². The molecule has 7 aliphatic carbocycles. The highest BCUT2D eigenvalue weighted by atomic mass is 32.2. The normalized spacial score (nSPS) is 29.9. The van der Waals surface area contributed by atoms with Crippen molar-refractivity contribution in [1.82, 2.24) is 20.2 Å². The molecule has 0 radical (unpaired) electrons. The van der Waals surface area contributed by atoms with Gasteiger partial charge in [-0.3, -0.25) is 10.3 Å². The number of pyridine rings is 1. The van der Waals surface area contributed by atoms with Crippen molar-refractivity contribution in [3.8, 4) is 0 Å². The van der Waals surface area contributed by atoms with Crippen LogP contribution in [0.4, 0.5) is 5.69 Å². The summed E-state index contributed by atoms with van der Waals surface area (Å²) >= 11 is 4.20. The number of rotatable bonds is 7. The molecule has 16 rings (SSSR count). The molecule has 10 unspecified atom stereocenters. The summed E-state index contributed by atoms with van der Waals surface area (Å²) in [6.07, 6.45) is 50.4. The molecule has 77 heavy (non-hydrogen) atoms. The largest absolute Gasteiger partial charge is 0.357 e. The SMILES string of the molecule is CC1C=CC=C(n2c3c(c4ccccc42)C2=C(CC3)C3C=CC=C(c4cnc(C5=CC=CC6C7=C(SC56)C5c6ccccc6N(C6C=CC=CC6)C5C=C7)c(C5NC(c6ccccc6)=NC(C6=CCCC=C6)N5)c4)C3S2)C1. The van der Waals surface area contributed by atoms with Crippen molar-refractivity contribution in [2.24, 2.45) is 22.7 Å². The molecule has 5 aromatic rings. The van der Waals surface area contributed by atoms with Crippen LogP contribution >= 0.6 is 23.5 Å². The Labute approximate surface area is 460 Å². The number of amidine groups is 1. The van der Waals surface area contributed by atoms with Gasteiger partial charge in [-0.05, 0) is 113 Å². The van der Waals surface area contributed by atoms with E-state index in [2.05, 4.69) is 251 Å². The maximum absolute atomic E-state index is 5.76. The number of anilines is 1. The number of thioether (sulfide) groups is 2. The van der Waals surface area contributed by atoms with Gasteiger partial charge in [0.15, 0.2) is 0 Å². The Balaban J connectivity index is 0.788. The Morgan fingerprint density at radius 2 is 1.56 bits per heavy atom. The molecule has 10 atom stereocenters. The van der Waals surface area contributed by atoms with Crippen molar-refractivity contribution < 1.29 is 0 Å². The van der Waals surface area contributed by atoms with Crippen LogP contribution in [0.2, 0.25) is 0 Å². The van der Waals surface area contributed by atoms with Gasteiger partial charge in [0.2, 0.25) is 0 Å². The minimum Gasteiger partial charge on any atom is -0.357 e. The number of allylic oxidation sites excluding steroid dienone is 17. The van der Waals surface area contributed by atoms with Crippen molar-refractivity contribution in [2.75, 3.05) is 4.90 Å². The molecule has 11 aliphatic rings. The number of aliphatic imine (C=N–C) groups is 1. The zero-order valence-corrected chi connectivity index (χ0v) is 44.8. The maximum atomic E-state index is 5.76. The van der Waals surface area contributed by atoms with Crippen molar-refractivity contribution in [3.05, 3.63) is 261 Å². The summed E-state index contributed by atoms with van der Waals surface area (Å²) in [5.74, 6) is 2.27. The zero-order valence-electron chi connectivity index (χ0n) is 43.2. The Bertz CT molecular complexity index is 3800. The predicted molar refractivity (Wildman–Crippen MR) is 323 cm³/mol. The lowest BCUT2D eigenvalue weighted by molar-refractivity contribution is 0.432. The number of hydrogen-bond acceptors (Lipinski definition) is 7. The van der Waals surface area contributed by atoms with Gasteiger partial charge in [-0.15, -0.1) is 23.5 Å². The topological polar surface area (TPSA) is 57.5 Å². The fourth-order valence-electron chi connectivity index (χ4n) is 14.6. The minimum absolute atomic E-state index is 0.178. The standard InChI is InChI=1S/C69H60N6S2/c1-41-18-15-25-46(38-41)75-57-33-14-12-27-53(57)61-59(75)37-35-50-48-29-16-28-47(63(48)76-65(50)61)44-39-55(69-72-67(42-19-5-2-6-20-42)71-68(73-69)43-21-7-3-8-22-43)62(70-40-44)54-31-17-30-49-51-34-36-58-60(66(51)77-64(49)54)52-26-11-13-32-56(52)74(58)45-23-9-4-10-24-45/h2,4-7,9-23,25-34,36,39-41,45,48-49,58,60,63-64,68-69,73H,3,8,24,35,37-38H2,1H3,(H,71,72). The van der Waals surface area contributed by atoms with Crippen molar-refractivity contribution in [3.63, 3.8) is 0 Å². The lowest BCUT2D eigenvalue weighted by Crippen LogP contribution is -2.49. The number of nitrogens with zero attached hydrogens (tertiary/aromatic N) is 4. The Hall–Kier alpha value is -7.10. The van der Waals surface area contributed by atoms with Gasteiger partial charge in [-0.25, -0.2) is 4.99 Å². The fraction of sp³-hybridized carbons (Fsp3) is 0.246. The molecule has 0 amide bonds. The highest BCUT2D eigenvalue weighted by Gasteiger charge is 2.50. The van der Waals surface area contributed by atoms with E-state index in [9.17, 15) is 0 Å². The lowest BCUT2D eigenvalue weighted by Gasteiger charge is -2.36. The average Bonchev–Trinajstić information content (AvgIpc) is 4.46. The fourth-order valence-corrected chi connectivity index (χ4v) is 18.1. The molecule has 6 heterocycles. The first kappa shape index (κ1) is 46.0. The van der Waals surface area contributed by atoms with E-state index in [0.29, 0.717) is 17.9 Å². The second kappa shape index (κ2) is 18.5. The summed E-state index contributed by atoms with van der Waals surface area (Å²) in [6, 6.07) is 32.2. The zero-order chi connectivity index (χ0) is 50.7. The summed E-state index contributed by atoms with van der Waals surface area (Å²) < 4.78 is 2.62.